The van der Waals surface area contributed by atoms with Crippen molar-refractivity contribution >= 4 is 23.2 Å². The van der Waals surface area contributed by atoms with Crippen molar-refractivity contribution in [3.63, 3.8) is 0 Å². The Kier molecular flexibility index (Phi) is 3.91. The van der Waals surface area contributed by atoms with E-state index in [0.29, 0.717) is 24.8 Å². The molecule has 0 unspecified atom stereocenters. The first-order chi connectivity index (χ1) is 11.1. The number of hydrogen-bond acceptors (Lipinski definition) is 6. The highest BCUT2D eigenvalue weighted by Crippen LogP contribution is 2.39. The van der Waals surface area contributed by atoms with Crippen molar-refractivity contribution in [2.45, 2.75) is 0 Å². The summed E-state index contributed by atoms with van der Waals surface area (Å²) in [5.41, 5.74) is -0.280. The van der Waals surface area contributed by atoms with Gasteiger partial charge < -0.3 is 14.8 Å². The van der Waals surface area contributed by atoms with Crippen LogP contribution in [0.4, 0.5) is 22.0 Å². The molecule has 0 radical (unpaired) electrons. The van der Waals surface area contributed by atoms with E-state index >= 15 is 0 Å². The summed E-state index contributed by atoms with van der Waals surface area (Å²) in [7, 11) is 0. The topological polar surface area (TPSA) is 116 Å². The van der Waals surface area contributed by atoms with Gasteiger partial charge in [-0.1, -0.05) is 6.07 Å². The summed E-state index contributed by atoms with van der Waals surface area (Å²) in [5.74, 6) is 0.943. The molecule has 1 aliphatic rings. The number of anilines is 2. The Balaban J connectivity index is 1.83. The molecule has 0 spiro atoms. The van der Waals surface area contributed by atoms with Crippen molar-refractivity contribution in [3.8, 4) is 11.5 Å². The Labute approximate surface area is 130 Å². The first-order valence-corrected chi connectivity index (χ1v) is 6.70. The summed E-state index contributed by atoms with van der Waals surface area (Å²) in [6.07, 6.45) is 1.52. The number of carbonyl (C=O) groups excluding carboxylic acids is 1. The molecule has 9 nitrogen and oxygen atoms in total. The van der Waals surface area contributed by atoms with Crippen LogP contribution in [0.1, 0.15) is 0 Å². The third-order valence-corrected chi connectivity index (χ3v) is 3.01. The van der Waals surface area contributed by atoms with Crippen molar-refractivity contribution in [1.29, 1.82) is 0 Å². The summed E-state index contributed by atoms with van der Waals surface area (Å²) in [4.78, 5) is 26.5. The zero-order valence-corrected chi connectivity index (χ0v) is 11.8. The van der Waals surface area contributed by atoms with Crippen molar-refractivity contribution < 1.29 is 19.2 Å². The molecule has 2 heterocycles. The van der Waals surface area contributed by atoms with Gasteiger partial charge in [0.25, 0.3) is 5.69 Å². The Morgan fingerprint density at radius 3 is 2.57 bits per heavy atom. The summed E-state index contributed by atoms with van der Waals surface area (Å²) in [6, 6.07) is 6.94. The van der Waals surface area contributed by atoms with Gasteiger partial charge in [-0.05, 0) is 12.1 Å². The molecule has 0 saturated carbocycles. The Bertz CT molecular complexity index is 750. The van der Waals surface area contributed by atoms with E-state index in [2.05, 4.69) is 15.6 Å². The normalized spacial score (nSPS) is 12.3. The lowest BCUT2D eigenvalue weighted by atomic mass is 10.2. The lowest BCUT2D eigenvalue weighted by Crippen LogP contribution is -2.21. The summed E-state index contributed by atoms with van der Waals surface area (Å²) < 4.78 is 10.7. The van der Waals surface area contributed by atoms with Crippen LogP contribution in [-0.2, 0) is 0 Å². The maximum Gasteiger partial charge on any atom is 0.325 e. The fourth-order valence-electron chi connectivity index (χ4n) is 2.04. The molecule has 9 heteroatoms. The number of aromatic nitrogens is 1. The maximum atomic E-state index is 12.0. The van der Waals surface area contributed by atoms with Crippen molar-refractivity contribution in [2.24, 2.45) is 0 Å². The number of rotatable bonds is 3. The standard InChI is InChI=1S/C14H12N4O5/c19-14(17-13-3-1-2-4-15-13)16-9-7-11-12(23-6-5-22-11)8-10(9)18(20)21/h1-4,7-8H,5-6H2,(H2,15,16,17,19). The number of nitro benzene ring substituents is 1. The molecule has 1 aromatic heterocycles. The SMILES string of the molecule is O=C(Nc1ccccn1)Nc1cc2c(cc1[N+](=O)[O-])OCCO2. The van der Waals surface area contributed by atoms with Crippen LogP contribution in [0.5, 0.6) is 11.5 Å². The van der Waals surface area contributed by atoms with Gasteiger partial charge in [-0.3, -0.25) is 15.4 Å². The highest BCUT2D eigenvalue weighted by atomic mass is 16.6. The average Bonchev–Trinajstić information content (AvgIpc) is 2.55. The minimum atomic E-state index is -0.650. The molecule has 1 aromatic carbocycles. The second kappa shape index (κ2) is 6.18. The average molecular weight is 316 g/mol. The van der Waals surface area contributed by atoms with Crippen LogP contribution in [0.3, 0.4) is 0 Å². The van der Waals surface area contributed by atoms with E-state index < -0.39 is 11.0 Å². The summed E-state index contributed by atoms with van der Waals surface area (Å²) in [6.45, 7) is 0.654. The maximum absolute atomic E-state index is 12.0. The predicted octanol–water partition coefficient (Wildman–Crippen LogP) is 2.41. The fourth-order valence-corrected chi connectivity index (χ4v) is 2.04. The molecular weight excluding hydrogens is 304 g/mol. The number of amides is 2. The molecule has 0 saturated heterocycles. The van der Waals surface area contributed by atoms with E-state index in [1.54, 1.807) is 18.2 Å². The van der Waals surface area contributed by atoms with Crippen LogP contribution < -0.4 is 20.1 Å². The summed E-state index contributed by atoms with van der Waals surface area (Å²) in [5, 5.41) is 16.1. The number of nitrogens with zero attached hydrogens (tertiary/aromatic N) is 2. The molecule has 23 heavy (non-hydrogen) atoms. The largest absolute Gasteiger partial charge is 0.486 e. The Hall–Kier alpha value is -3.36. The van der Waals surface area contributed by atoms with Gasteiger partial charge in [0.1, 0.15) is 24.7 Å². The molecule has 2 amide bonds. The lowest BCUT2D eigenvalue weighted by Gasteiger charge is -2.19. The number of hydrogen-bond donors (Lipinski definition) is 2. The minimum Gasteiger partial charge on any atom is -0.486 e. The van der Waals surface area contributed by atoms with Gasteiger partial charge in [-0.15, -0.1) is 0 Å². The molecule has 1 aliphatic heterocycles. The molecule has 0 aliphatic carbocycles. The zero-order valence-electron chi connectivity index (χ0n) is 11.8. The van der Waals surface area contributed by atoms with E-state index in [4.69, 9.17) is 9.47 Å². The lowest BCUT2D eigenvalue weighted by molar-refractivity contribution is -0.384. The monoisotopic (exact) mass is 316 g/mol. The van der Waals surface area contributed by atoms with Gasteiger partial charge in [0.05, 0.1) is 11.0 Å². The van der Waals surface area contributed by atoms with Gasteiger partial charge >= 0.3 is 6.03 Å². The highest BCUT2D eigenvalue weighted by Gasteiger charge is 2.23. The second-order valence-electron chi connectivity index (χ2n) is 4.56. The molecule has 3 rings (SSSR count). The van der Waals surface area contributed by atoms with Crippen molar-refractivity contribution in [2.75, 3.05) is 23.8 Å². The van der Waals surface area contributed by atoms with Crippen LogP contribution in [0, 0.1) is 10.1 Å². The van der Waals surface area contributed by atoms with Gasteiger partial charge in [0.2, 0.25) is 0 Å². The van der Waals surface area contributed by atoms with Gasteiger partial charge in [-0.25, -0.2) is 9.78 Å². The number of pyridine rings is 1. The number of nitrogens with one attached hydrogen (secondary N) is 2. The fraction of sp³-hybridized carbons (Fsp3) is 0.143. The van der Waals surface area contributed by atoms with E-state index in [0.717, 1.165) is 0 Å². The number of nitro groups is 1. The van der Waals surface area contributed by atoms with Gasteiger partial charge in [0, 0.05) is 12.3 Å². The molecule has 0 atom stereocenters. The number of benzene rings is 1. The quantitative estimate of drug-likeness (QED) is 0.663. The molecule has 118 valence electrons. The van der Waals surface area contributed by atoms with Crippen molar-refractivity contribution in [3.05, 3.63) is 46.6 Å². The first kappa shape index (κ1) is 14.6. The molecule has 2 aromatic rings. The van der Waals surface area contributed by atoms with E-state index in [-0.39, 0.29) is 17.1 Å². The van der Waals surface area contributed by atoms with E-state index in [1.807, 2.05) is 0 Å². The third-order valence-electron chi connectivity index (χ3n) is 3.01. The number of carbonyl (C=O) groups is 1. The molecule has 0 bridgehead atoms. The zero-order chi connectivity index (χ0) is 16.2. The number of fused-ring (bicyclic) bond motifs is 1. The number of urea groups is 1. The van der Waals surface area contributed by atoms with Crippen LogP contribution in [0.2, 0.25) is 0 Å². The van der Waals surface area contributed by atoms with Crippen LogP contribution in [0.15, 0.2) is 36.5 Å². The predicted molar refractivity (Wildman–Crippen MR) is 81.0 cm³/mol. The van der Waals surface area contributed by atoms with Crippen molar-refractivity contribution in [1.82, 2.24) is 4.98 Å². The first-order valence-electron chi connectivity index (χ1n) is 6.70. The smallest absolute Gasteiger partial charge is 0.325 e. The minimum absolute atomic E-state index is 0.00711. The summed E-state index contributed by atoms with van der Waals surface area (Å²) >= 11 is 0. The van der Waals surface area contributed by atoms with Crippen LogP contribution >= 0.6 is 0 Å². The molecular formula is C14H12N4O5. The van der Waals surface area contributed by atoms with Gasteiger partial charge in [0.15, 0.2) is 11.5 Å². The highest BCUT2D eigenvalue weighted by molar-refractivity contribution is 6.01. The van der Waals surface area contributed by atoms with Crippen LogP contribution in [-0.4, -0.2) is 29.2 Å². The molecule has 2 N–H and O–H groups in total. The van der Waals surface area contributed by atoms with Gasteiger partial charge in [-0.2, -0.15) is 0 Å². The van der Waals surface area contributed by atoms with E-state index in [9.17, 15) is 14.9 Å². The Morgan fingerprint density at radius 1 is 1.17 bits per heavy atom. The Morgan fingerprint density at radius 2 is 1.91 bits per heavy atom. The van der Waals surface area contributed by atoms with Crippen LogP contribution in [0.25, 0.3) is 0 Å². The van der Waals surface area contributed by atoms with E-state index in [1.165, 1.54) is 18.3 Å². The second-order valence-corrected chi connectivity index (χ2v) is 4.56. The molecule has 0 fully saturated rings. The third kappa shape index (κ3) is 3.28. The number of ether oxygens (including phenoxy) is 2.